The predicted molar refractivity (Wildman–Crippen MR) is 74.0 cm³/mol. The van der Waals surface area contributed by atoms with Crippen LogP contribution >= 0.6 is 0 Å². The van der Waals surface area contributed by atoms with Crippen molar-refractivity contribution in [2.75, 3.05) is 13.2 Å². The highest BCUT2D eigenvalue weighted by Crippen LogP contribution is 1.71. The standard InChI is InChI=1S/C3H8O3.3C3H6O2/c4-1-3(6)2-5;3*1-2-3(4)5/h3-6H,1-2H2;3*2H2,1H3,(H,4,5). The lowest BCUT2D eigenvalue weighted by Gasteiger charge is -1.96. The summed E-state index contributed by atoms with van der Waals surface area (Å²) in [6.45, 7) is 4.07. The first-order valence-electron chi connectivity index (χ1n) is 6.17. The van der Waals surface area contributed by atoms with Crippen LogP contribution < -0.4 is 0 Å². The molecule has 0 rings (SSSR count). The van der Waals surface area contributed by atoms with Gasteiger partial charge in [0, 0.05) is 19.3 Å². The molecule has 0 saturated heterocycles. The molecule has 0 aromatic carbocycles. The summed E-state index contributed by atoms with van der Waals surface area (Å²) in [5.41, 5.74) is 0. The van der Waals surface area contributed by atoms with Gasteiger partial charge in [-0.2, -0.15) is 0 Å². The zero-order chi connectivity index (χ0) is 17.8. The van der Waals surface area contributed by atoms with E-state index in [9.17, 15) is 14.4 Å². The molecule has 0 radical (unpaired) electrons. The second kappa shape index (κ2) is 23.4. The van der Waals surface area contributed by atoms with Crippen LogP contribution in [0, 0.1) is 0 Å². The Morgan fingerprint density at radius 2 is 0.857 bits per heavy atom. The van der Waals surface area contributed by atoms with E-state index in [0.717, 1.165) is 0 Å². The van der Waals surface area contributed by atoms with Crippen molar-refractivity contribution in [2.24, 2.45) is 0 Å². The monoisotopic (exact) mass is 314 g/mol. The molecule has 9 heteroatoms. The lowest BCUT2D eigenvalue weighted by atomic mass is 10.4. The topological polar surface area (TPSA) is 173 Å². The van der Waals surface area contributed by atoms with Gasteiger partial charge in [0.2, 0.25) is 0 Å². The van der Waals surface area contributed by atoms with Gasteiger partial charge in [-0.05, 0) is 0 Å². The minimum Gasteiger partial charge on any atom is -0.481 e. The first-order valence-corrected chi connectivity index (χ1v) is 6.17. The van der Waals surface area contributed by atoms with Gasteiger partial charge in [-0.25, -0.2) is 0 Å². The highest BCUT2D eigenvalue weighted by Gasteiger charge is 1.93. The molecule has 0 unspecified atom stereocenters. The number of carboxylic acid groups (broad SMARTS) is 3. The highest BCUT2D eigenvalue weighted by atomic mass is 16.4. The van der Waals surface area contributed by atoms with E-state index in [1.165, 1.54) is 0 Å². The third kappa shape index (κ3) is 70.6. The van der Waals surface area contributed by atoms with Crippen molar-refractivity contribution >= 4 is 17.9 Å². The molecule has 0 atom stereocenters. The van der Waals surface area contributed by atoms with Crippen molar-refractivity contribution < 1.29 is 45.0 Å². The molecule has 0 aliphatic rings. The summed E-state index contributed by atoms with van der Waals surface area (Å²) in [5, 5.41) is 47.2. The van der Waals surface area contributed by atoms with Crippen LogP contribution in [0.1, 0.15) is 40.0 Å². The number of aliphatic carboxylic acids is 3. The van der Waals surface area contributed by atoms with Crippen LogP contribution in [0.2, 0.25) is 0 Å². The minimum atomic E-state index is -0.954. The smallest absolute Gasteiger partial charge is 0.303 e. The van der Waals surface area contributed by atoms with E-state index in [4.69, 9.17) is 30.6 Å². The van der Waals surface area contributed by atoms with E-state index in [1.54, 1.807) is 20.8 Å². The lowest BCUT2D eigenvalue weighted by molar-refractivity contribution is -0.137. The van der Waals surface area contributed by atoms with Gasteiger partial charge < -0.3 is 30.6 Å². The van der Waals surface area contributed by atoms with E-state index >= 15 is 0 Å². The van der Waals surface area contributed by atoms with Crippen molar-refractivity contribution in [3.05, 3.63) is 0 Å². The van der Waals surface area contributed by atoms with E-state index < -0.39 is 24.0 Å². The van der Waals surface area contributed by atoms with Gasteiger partial charge in [-0.3, -0.25) is 14.4 Å². The normalized spacial score (nSPS) is 8.14. The van der Waals surface area contributed by atoms with Gasteiger partial charge in [0.25, 0.3) is 0 Å². The summed E-state index contributed by atoms with van der Waals surface area (Å²) in [5.74, 6) is -2.24. The van der Waals surface area contributed by atoms with E-state index in [2.05, 4.69) is 0 Å². The minimum absolute atomic E-state index is 0.222. The third-order valence-electron chi connectivity index (χ3n) is 1.33. The molecular formula is C12H26O9. The lowest BCUT2D eigenvalue weighted by Crippen LogP contribution is -2.15. The molecule has 21 heavy (non-hydrogen) atoms. The predicted octanol–water partition coefficient (Wildman–Crippen LogP) is -0.225. The molecule has 0 fully saturated rings. The van der Waals surface area contributed by atoms with Crippen LogP contribution in [0.25, 0.3) is 0 Å². The third-order valence-corrected chi connectivity index (χ3v) is 1.33. The summed E-state index contributed by atoms with van der Waals surface area (Å²) in [6.07, 6.45) is -0.287. The van der Waals surface area contributed by atoms with Gasteiger partial charge in [0.15, 0.2) is 0 Å². The van der Waals surface area contributed by atoms with Crippen LogP contribution in [0.5, 0.6) is 0 Å². The van der Waals surface area contributed by atoms with Crippen LogP contribution in [-0.4, -0.2) is 67.9 Å². The number of carbonyl (C=O) groups is 3. The van der Waals surface area contributed by atoms with Gasteiger partial charge in [-0.1, -0.05) is 20.8 Å². The molecule has 6 N–H and O–H groups in total. The molecule has 0 aliphatic heterocycles. The Kier molecular flexibility index (Phi) is 30.7. The quantitative estimate of drug-likeness (QED) is 0.401. The van der Waals surface area contributed by atoms with Crippen molar-refractivity contribution in [1.29, 1.82) is 0 Å². The molecule has 9 nitrogen and oxygen atoms in total. The Balaban J connectivity index is -0.0000000921. The molecule has 0 aromatic heterocycles. The fraction of sp³-hybridized carbons (Fsp3) is 0.750. The Bertz CT molecular complexity index is 216. The second-order valence-corrected chi connectivity index (χ2v) is 3.26. The summed E-state index contributed by atoms with van der Waals surface area (Å²) in [7, 11) is 0. The maximum absolute atomic E-state index is 9.37. The molecule has 0 bridgehead atoms. The highest BCUT2D eigenvalue weighted by molar-refractivity contribution is 5.66. The summed E-state index contributed by atoms with van der Waals surface area (Å²) in [6, 6.07) is 0. The summed E-state index contributed by atoms with van der Waals surface area (Å²) in [4.78, 5) is 28.1. The maximum Gasteiger partial charge on any atom is 0.303 e. The fourth-order valence-corrected chi connectivity index (χ4v) is 0.0577. The van der Waals surface area contributed by atoms with Gasteiger partial charge >= 0.3 is 17.9 Å². The first kappa shape index (κ1) is 27.6. The van der Waals surface area contributed by atoms with Crippen molar-refractivity contribution in [3.8, 4) is 0 Å². The van der Waals surface area contributed by atoms with Gasteiger partial charge in [0.1, 0.15) is 6.10 Å². The average molecular weight is 314 g/mol. The Morgan fingerprint density at radius 1 is 0.714 bits per heavy atom. The molecule has 0 aromatic rings. The number of aliphatic hydroxyl groups is 3. The first-order chi connectivity index (χ1) is 9.62. The molecule has 0 saturated carbocycles. The van der Waals surface area contributed by atoms with E-state index in [1.807, 2.05) is 0 Å². The molecular weight excluding hydrogens is 288 g/mol. The zero-order valence-electron chi connectivity index (χ0n) is 12.5. The van der Waals surface area contributed by atoms with Crippen LogP contribution in [0.4, 0.5) is 0 Å². The molecule has 0 amide bonds. The average Bonchev–Trinajstić information content (AvgIpc) is 2.47. The number of hydrogen-bond acceptors (Lipinski definition) is 6. The Labute approximate surface area is 123 Å². The summed E-state index contributed by atoms with van der Waals surface area (Å²) >= 11 is 0. The van der Waals surface area contributed by atoms with E-state index in [-0.39, 0.29) is 32.5 Å². The Morgan fingerprint density at radius 3 is 0.857 bits per heavy atom. The second-order valence-electron chi connectivity index (χ2n) is 3.26. The number of rotatable bonds is 5. The van der Waals surface area contributed by atoms with E-state index in [0.29, 0.717) is 0 Å². The van der Waals surface area contributed by atoms with Gasteiger partial charge in [0.05, 0.1) is 13.2 Å². The number of carboxylic acids is 3. The number of aliphatic hydroxyl groups excluding tert-OH is 3. The van der Waals surface area contributed by atoms with Crippen LogP contribution in [0.3, 0.4) is 0 Å². The fourth-order valence-electron chi connectivity index (χ4n) is 0.0577. The molecule has 0 spiro atoms. The van der Waals surface area contributed by atoms with Gasteiger partial charge in [-0.15, -0.1) is 0 Å². The van der Waals surface area contributed by atoms with Crippen molar-refractivity contribution in [3.63, 3.8) is 0 Å². The zero-order valence-corrected chi connectivity index (χ0v) is 12.5. The molecule has 0 aliphatic carbocycles. The van der Waals surface area contributed by atoms with Crippen LogP contribution in [0.15, 0.2) is 0 Å². The Hall–Kier alpha value is -1.71. The van der Waals surface area contributed by atoms with Crippen LogP contribution in [-0.2, 0) is 14.4 Å². The van der Waals surface area contributed by atoms with Crippen molar-refractivity contribution in [2.45, 2.75) is 46.1 Å². The van der Waals surface area contributed by atoms with Crippen molar-refractivity contribution in [1.82, 2.24) is 0 Å². The maximum atomic E-state index is 9.37. The molecule has 0 heterocycles. The largest absolute Gasteiger partial charge is 0.481 e. The SMILES string of the molecule is CCC(=O)O.CCC(=O)O.CCC(=O)O.OCC(O)CO. The summed E-state index contributed by atoms with van der Waals surface area (Å²) < 4.78 is 0. The number of hydrogen-bond donors (Lipinski definition) is 6. The molecule has 128 valence electrons.